The Labute approximate surface area is 114 Å². The maximum absolute atomic E-state index is 13.2. The predicted molar refractivity (Wildman–Crippen MR) is 74.9 cm³/mol. The van der Waals surface area contributed by atoms with Gasteiger partial charge < -0.3 is 10.6 Å². The molecular formula is C13H13FN4O2. The minimum absolute atomic E-state index is 0.0964. The predicted octanol–water partition coefficient (Wildman–Crippen LogP) is 3.22. The van der Waals surface area contributed by atoms with Crippen molar-refractivity contribution in [3.8, 4) is 0 Å². The summed E-state index contributed by atoms with van der Waals surface area (Å²) in [6.45, 7) is 1.80. The number of hydrogen-bond donors (Lipinski definition) is 2. The van der Waals surface area contributed by atoms with Gasteiger partial charge in [0.15, 0.2) is 0 Å². The Bertz CT molecular complexity index is 661. The van der Waals surface area contributed by atoms with E-state index >= 15 is 0 Å². The van der Waals surface area contributed by atoms with E-state index in [1.54, 1.807) is 20.0 Å². The highest BCUT2D eigenvalue weighted by molar-refractivity contribution is 5.64. The molecule has 1 heterocycles. The fourth-order valence-corrected chi connectivity index (χ4v) is 1.68. The second kappa shape index (κ2) is 5.52. The summed E-state index contributed by atoms with van der Waals surface area (Å²) < 4.78 is 13.2. The van der Waals surface area contributed by atoms with Crippen molar-refractivity contribution in [3.63, 3.8) is 0 Å². The highest BCUT2D eigenvalue weighted by Gasteiger charge is 2.11. The second-order valence-corrected chi connectivity index (χ2v) is 4.19. The number of hydrogen-bond acceptors (Lipinski definition) is 5. The molecule has 0 bridgehead atoms. The van der Waals surface area contributed by atoms with Crippen LogP contribution in [0.2, 0.25) is 0 Å². The highest BCUT2D eigenvalue weighted by Crippen LogP contribution is 2.25. The number of anilines is 3. The van der Waals surface area contributed by atoms with Crippen LogP contribution in [0.15, 0.2) is 30.3 Å². The van der Waals surface area contributed by atoms with E-state index in [1.807, 2.05) is 0 Å². The molecule has 2 N–H and O–H groups in total. The monoisotopic (exact) mass is 276 g/mol. The van der Waals surface area contributed by atoms with E-state index in [9.17, 15) is 14.5 Å². The molecule has 0 saturated carbocycles. The van der Waals surface area contributed by atoms with Crippen LogP contribution in [-0.4, -0.2) is 17.0 Å². The van der Waals surface area contributed by atoms with Gasteiger partial charge in [-0.15, -0.1) is 0 Å². The molecule has 0 spiro atoms. The fraction of sp³-hybridized carbons (Fsp3) is 0.154. The van der Waals surface area contributed by atoms with Crippen LogP contribution in [0, 0.1) is 22.9 Å². The van der Waals surface area contributed by atoms with Crippen molar-refractivity contribution in [1.82, 2.24) is 4.98 Å². The summed E-state index contributed by atoms with van der Waals surface area (Å²) in [4.78, 5) is 14.5. The summed E-state index contributed by atoms with van der Waals surface area (Å²) in [6.07, 6.45) is 0. The lowest BCUT2D eigenvalue weighted by Gasteiger charge is -2.10. The highest BCUT2D eigenvalue weighted by atomic mass is 19.1. The number of pyridine rings is 1. The Morgan fingerprint density at radius 1 is 1.25 bits per heavy atom. The largest absolute Gasteiger partial charge is 0.373 e. The molecule has 2 aromatic rings. The number of aromatic nitrogens is 1. The lowest BCUT2D eigenvalue weighted by molar-refractivity contribution is -0.384. The zero-order valence-corrected chi connectivity index (χ0v) is 11.0. The number of aryl methyl sites for hydroxylation is 1. The minimum atomic E-state index is -0.508. The van der Waals surface area contributed by atoms with Crippen LogP contribution in [0.3, 0.4) is 0 Å². The SMILES string of the molecule is CNc1cc([N+](=O)[O-])cc(Nc2cc(F)ccc2C)n1. The normalized spacial score (nSPS) is 10.2. The van der Waals surface area contributed by atoms with Crippen LogP contribution in [0.1, 0.15) is 5.56 Å². The van der Waals surface area contributed by atoms with E-state index < -0.39 is 10.7 Å². The Hall–Kier alpha value is -2.70. The van der Waals surface area contributed by atoms with Gasteiger partial charge in [-0.1, -0.05) is 6.07 Å². The molecule has 0 aliphatic heterocycles. The summed E-state index contributed by atoms with van der Waals surface area (Å²) in [5, 5.41) is 16.5. The summed E-state index contributed by atoms with van der Waals surface area (Å²) in [7, 11) is 1.61. The number of nitro groups is 1. The lowest BCUT2D eigenvalue weighted by atomic mass is 10.2. The maximum atomic E-state index is 13.2. The second-order valence-electron chi connectivity index (χ2n) is 4.19. The molecule has 7 heteroatoms. The van der Waals surface area contributed by atoms with Crippen molar-refractivity contribution in [1.29, 1.82) is 0 Å². The van der Waals surface area contributed by atoms with E-state index in [0.29, 0.717) is 11.5 Å². The average molecular weight is 276 g/mol. The first-order valence-corrected chi connectivity index (χ1v) is 5.87. The molecule has 0 amide bonds. The standard InChI is InChI=1S/C13H13FN4O2/c1-8-3-4-9(14)5-11(8)16-13-7-10(18(19)20)6-12(15-2)17-13/h3-7H,1-2H3,(H2,15,16,17). The van der Waals surface area contributed by atoms with Gasteiger partial charge >= 0.3 is 0 Å². The first kappa shape index (κ1) is 13.7. The number of nitrogens with one attached hydrogen (secondary N) is 2. The molecule has 0 fully saturated rings. The summed E-state index contributed by atoms with van der Waals surface area (Å²) in [5.41, 5.74) is 1.23. The third-order valence-electron chi connectivity index (χ3n) is 2.74. The molecule has 1 aromatic carbocycles. The summed E-state index contributed by atoms with van der Waals surface area (Å²) in [6, 6.07) is 6.90. The van der Waals surface area contributed by atoms with Crippen LogP contribution >= 0.6 is 0 Å². The third kappa shape index (κ3) is 3.00. The van der Waals surface area contributed by atoms with E-state index in [-0.39, 0.29) is 11.5 Å². The Morgan fingerprint density at radius 3 is 2.60 bits per heavy atom. The van der Waals surface area contributed by atoms with Crippen LogP contribution in [0.5, 0.6) is 0 Å². The fourth-order valence-electron chi connectivity index (χ4n) is 1.68. The summed E-state index contributed by atoms with van der Waals surface area (Å²) >= 11 is 0. The van der Waals surface area contributed by atoms with Gasteiger partial charge in [0.2, 0.25) is 0 Å². The topological polar surface area (TPSA) is 80.1 Å². The molecule has 0 saturated heterocycles. The molecule has 0 unspecified atom stereocenters. The van der Waals surface area contributed by atoms with Crippen LogP contribution in [0.4, 0.5) is 27.4 Å². The van der Waals surface area contributed by atoms with Gasteiger partial charge in [0.1, 0.15) is 17.5 Å². The molecule has 6 nitrogen and oxygen atoms in total. The van der Waals surface area contributed by atoms with Crippen molar-refractivity contribution >= 4 is 23.0 Å². The van der Waals surface area contributed by atoms with Crippen LogP contribution in [-0.2, 0) is 0 Å². The van der Waals surface area contributed by atoms with Crippen molar-refractivity contribution < 1.29 is 9.31 Å². The van der Waals surface area contributed by atoms with Gasteiger partial charge in [0, 0.05) is 12.7 Å². The van der Waals surface area contributed by atoms with Crippen LogP contribution in [0.25, 0.3) is 0 Å². The lowest BCUT2D eigenvalue weighted by Crippen LogP contribution is -2.01. The quantitative estimate of drug-likeness (QED) is 0.662. The molecule has 0 atom stereocenters. The van der Waals surface area contributed by atoms with Crippen molar-refractivity contribution in [2.75, 3.05) is 17.7 Å². The molecule has 0 radical (unpaired) electrons. The first-order valence-electron chi connectivity index (χ1n) is 5.87. The van der Waals surface area contributed by atoms with Gasteiger partial charge in [-0.25, -0.2) is 9.37 Å². The third-order valence-corrected chi connectivity index (χ3v) is 2.74. The maximum Gasteiger partial charge on any atom is 0.276 e. The number of nitrogens with zero attached hydrogens (tertiary/aromatic N) is 2. The molecular weight excluding hydrogens is 263 g/mol. The molecule has 0 aliphatic rings. The Balaban J connectivity index is 2.39. The molecule has 20 heavy (non-hydrogen) atoms. The van der Waals surface area contributed by atoms with E-state index in [4.69, 9.17) is 0 Å². The first-order chi connectivity index (χ1) is 9.49. The molecule has 104 valence electrons. The minimum Gasteiger partial charge on any atom is -0.373 e. The van der Waals surface area contributed by atoms with E-state index in [0.717, 1.165) is 5.56 Å². The molecule has 2 rings (SSSR count). The molecule has 1 aromatic heterocycles. The van der Waals surface area contributed by atoms with Gasteiger partial charge in [-0.2, -0.15) is 0 Å². The van der Waals surface area contributed by atoms with E-state index in [2.05, 4.69) is 15.6 Å². The van der Waals surface area contributed by atoms with Crippen LogP contribution < -0.4 is 10.6 Å². The average Bonchev–Trinajstić information content (AvgIpc) is 2.42. The van der Waals surface area contributed by atoms with Gasteiger partial charge in [0.05, 0.1) is 17.1 Å². The zero-order valence-electron chi connectivity index (χ0n) is 11.0. The van der Waals surface area contributed by atoms with Crippen molar-refractivity contribution in [3.05, 3.63) is 51.8 Å². The van der Waals surface area contributed by atoms with E-state index in [1.165, 1.54) is 24.3 Å². The Kier molecular flexibility index (Phi) is 3.79. The smallest absolute Gasteiger partial charge is 0.276 e. The van der Waals surface area contributed by atoms with Gasteiger partial charge in [-0.05, 0) is 24.6 Å². The number of benzene rings is 1. The Morgan fingerprint density at radius 2 is 1.95 bits per heavy atom. The van der Waals surface area contributed by atoms with Crippen molar-refractivity contribution in [2.45, 2.75) is 6.92 Å². The van der Waals surface area contributed by atoms with Crippen molar-refractivity contribution in [2.24, 2.45) is 0 Å². The molecule has 0 aliphatic carbocycles. The van der Waals surface area contributed by atoms with Gasteiger partial charge in [-0.3, -0.25) is 10.1 Å². The van der Waals surface area contributed by atoms with Gasteiger partial charge in [0.25, 0.3) is 5.69 Å². The summed E-state index contributed by atoms with van der Waals surface area (Å²) in [5.74, 6) is 0.241. The zero-order chi connectivity index (χ0) is 14.7. The number of rotatable bonds is 4. The number of halogens is 1.